The topological polar surface area (TPSA) is 151 Å². The third-order valence-electron chi connectivity index (χ3n) is 4.89. The molecule has 4 N–H and O–H groups in total. The van der Waals surface area contributed by atoms with Crippen LogP contribution in [0.5, 0.6) is 0 Å². The summed E-state index contributed by atoms with van der Waals surface area (Å²) in [4.78, 5) is 23.9. The molecule has 2 aromatic rings. The first-order valence-electron chi connectivity index (χ1n) is 9.50. The molecule has 0 amide bonds. The van der Waals surface area contributed by atoms with Crippen molar-refractivity contribution in [3.05, 3.63) is 30.0 Å². The number of carboxylic acids is 1. The summed E-state index contributed by atoms with van der Waals surface area (Å²) in [5, 5.41) is 43.4. The van der Waals surface area contributed by atoms with Crippen LogP contribution in [0.4, 0.5) is 4.39 Å². The van der Waals surface area contributed by atoms with Gasteiger partial charge >= 0.3 is 11.9 Å². The highest BCUT2D eigenvalue weighted by Gasteiger charge is 2.48. The number of hydrogen-bond donors (Lipinski definition) is 4. The number of para-hydroxylation sites is 1. The number of carbonyl (C=O) groups is 2. The molecule has 0 radical (unpaired) electrons. The minimum Gasteiger partial charge on any atom is -0.479 e. The minimum absolute atomic E-state index is 0.0839. The van der Waals surface area contributed by atoms with E-state index in [4.69, 9.17) is 14.6 Å². The molecule has 3 unspecified atom stereocenters. The molecule has 2 heterocycles. The van der Waals surface area contributed by atoms with Crippen LogP contribution in [-0.2, 0) is 20.8 Å². The maximum atomic E-state index is 12.7. The molecule has 0 saturated carbocycles. The van der Waals surface area contributed by atoms with E-state index in [0.717, 1.165) is 0 Å². The highest BCUT2D eigenvalue weighted by molar-refractivity contribution is 6.02. The first-order chi connectivity index (χ1) is 14.3. The molecule has 5 atom stereocenters. The van der Waals surface area contributed by atoms with Crippen LogP contribution in [0.25, 0.3) is 10.9 Å². The Morgan fingerprint density at radius 2 is 1.83 bits per heavy atom. The van der Waals surface area contributed by atoms with E-state index in [-0.39, 0.29) is 5.69 Å². The summed E-state index contributed by atoms with van der Waals surface area (Å²) >= 11 is 0. The number of nitrogens with zero attached hydrogens (tertiary/aromatic N) is 2. The van der Waals surface area contributed by atoms with Gasteiger partial charge in [0.05, 0.1) is 12.2 Å². The highest BCUT2D eigenvalue weighted by Crippen LogP contribution is 2.25. The van der Waals surface area contributed by atoms with Gasteiger partial charge in [0.25, 0.3) is 0 Å². The van der Waals surface area contributed by atoms with E-state index in [0.29, 0.717) is 36.7 Å². The zero-order valence-corrected chi connectivity index (χ0v) is 15.9. The van der Waals surface area contributed by atoms with E-state index < -0.39 is 49.3 Å². The second-order valence-electron chi connectivity index (χ2n) is 6.98. The lowest BCUT2D eigenvalue weighted by atomic mass is 9.99. The van der Waals surface area contributed by atoms with Gasteiger partial charge in [-0.3, -0.25) is 9.07 Å². The molecule has 30 heavy (non-hydrogen) atoms. The van der Waals surface area contributed by atoms with Crippen LogP contribution in [-0.4, -0.2) is 79.5 Å². The van der Waals surface area contributed by atoms with Crippen LogP contribution >= 0.6 is 0 Å². The van der Waals surface area contributed by atoms with Crippen molar-refractivity contribution in [3.8, 4) is 0 Å². The third-order valence-corrected chi connectivity index (χ3v) is 4.89. The number of halogens is 1. The number of aliphatic carboxylic acids is 1. The number of fused-ring (bicyclic) bond motifs is 1. The molecule has 1 saturated heterocycles. The van der Waals surface area contributed by atoms with Crippen molar-refractivity contribution in [2.24, 2.45) is 0 Å². The number of aryl methyl sites for hydroxylation is 1. The minimum atomic E-state index is -1.89. The number of aromatic nitrogens is 2. The summed E-state index contributed by atoms with van der Waals surface area (Å²) in [5.74, 6) is -2.58. The number of ether oxygens (including phenoxy) is 2. The molecule has 1 aromatic carbocycles. The zero-order chi connectivity index (χ0) is 21.8. The van der Waals surface area contributed by atoms with Crippen LogP contribution in [0.3, 0.4) is 0 Å². The van der Waals surface area contributed by atoms with Gasteiger partial charge in [-0.25, -0.2) is 9.59 Å². The van der Waals surface area contributed by atoms with Crippen molar-refractivity contribution in [1.29, 1.82) is 0 Å². The fraction of sp³-hybridized carbons (Fsp3) is 0.526. The Labute approximate surface area is 170 Å². The number of alkyl halides is 1. The lowest BCUT2D eigenvalue weighted by Gasteiger charge is -2.37. The van der Waals surface area contributed by atoms with E-state index in [1.807, 2.05) is 0 Å². The molecule has 11 heteroatoms. The number of esters is 1. The molecule has 3 rings (SSSR count). The maximum Gasteiger partial charge on any atom is 0.361 e. The normalized spacial score (nSPS) is 26.6. The summed E-state index contributed by atoms with van der Waals surface area (Å²) in [5.41, 5.74) is 0.563. The number of benzene rings is 1. The fourth-order valence-electron chi connectivity index (χ4n) is 3.29. The van der Waals surface area contributed by atoms with Crippen molar-refractivity contribution < 1.29 is 43.9 Å². The second-order valence-corrected chi connectivity index (χ2v) is 6.98. The first kappa shape index (κ1) is 22.1. The van der Waals surface area contributed by atoms with Crippen LogP contribution in [0.2, 0.25) is 0 Å². The van der Waals surface area contributed by atoms with E-state index in [9.17, 15) is 29.3 Å². The van der Waals surface area contributed by atoms with Crippen molar-refractivity contribution in [1.82, 2.24) is 9.78 Å². The molecule has 164 valence electrons. The smallest absolute Gasteiger partial charge is 0.361 e. The average molecular weight is 426 g/mol. The van der Waals surface area contributed by atoms with Gasteiger partial charge in [0, 0.05) is 11.9 Å². The molecule has 0 bridgehead atoms. The Bertz CT molecular complexity index is 904. The summed E-state index contributed by atoms with van der Waals surface area (Å²) in [7, 11) is 0. The summed E-state index contributed by atoms with van der Waals surface area (Å²) in [6.07, 6.45) is -7.59. The Hall–Kier alpha value is -2.60. The summed E-state index contributed by atoms with van der Waals surface area (Å²) in [6.45, 7) is 0.0430. The number of hydrogen-bond acceptors (Lipinski definition) is 8. The van der Waals surface area contributed by atoms with E-state index in [2.05, 4.69) is 5.10 Å². The van der Waals surface area contributed by atoms with Gasteiger partial charge in [-0.15, -0.1) is 0 Å². The highest BCUT2D eigenvalue weighted by atomic mass is 19.1. The van der Waals surface area contributed by atoms with Crippen molar-refractivity contribution in [3.63, 3.8) is 0 Å². The number of aliphatic hydroxyl groups excluding tert-OH is 3. The van der Waals surface area contributed by atoms with Gasteiger partial charge < -0.3 is 29.9 Å². The van der Waals surface area contributed by atoms with Gasteiger partial charge in [0.15, 0.2) is 11.8 Å². The van der Waals surface area contributed by atoms with Gasteiger partial charge in [-0.05, 0) is 25.3 Å². The molecule has 1 fully saturated rings. The second kappa shape index (κ2) is 9.47. The lowest BCUT2D eigenvalue weighted by molar-refractivity contribution is -0.278. The predicted octanol–water partition coefficient (Wildman–Crippen LogP) is 0.225. The Morgan fingerprint density at radius 3 is 2.53 bits per heavy atom. The van der Waals surface area contributed by atoms with Gasteiger partial charge in [-0.1, -0.05) is 18.2 Å². The predicted molar refractivity (Wildman–Crippen MR) is 99.3 cm³/mol. The lowest BCUT2D eigenvalue weighted by Crippen LogP contribution is -2.60. The van der Waals surface area contributed by atoms with Gasteiger partial charge in [0.1, 0.15) is 18.3 Å². The largest absolute Gasteiger partial charge is 0.479 e. The number of carboxylic acid groups (broad SMARTS) is 1. The number of rotatable bonds is 8. The van der Waals surface area contributed by atoms with Crippen LogP contribution in [0.15, 0.2) is 24.3 Å². The SMILES string of the molecule is O=C(OC1OC(C(=O)O)[C@@H](O)C(O)[C@H]1O)c1nn(CCCCCF)c2ccccc12. The number of unbranched alkanes of at least 4 members (excludes halogenated alkanes) is 2. The Morgan fingerprint density at radius 1 is 1.10 bits per heavy atom. The monoisotopic (exact) mass is 426 g/mol. The fourth-order valence-corrected chi connectivity index (χ4v) is 3.29. The molecular formula is C19H23FN2O8. The van der Waals surface area contributed by atoms with Crippen LogP contribution in [0.1, 0.15) is 29.8 Å². The Kier molecular flexibility index (Phi) is 6.98. The van der Waals surface area contributed by atoms with Crippen LogP contribution < -0.4 is 0 Å². The quantitative estimate of drug-likeness (QED) is 0.343. The molecule has 0 spiro atoms. The van der Waals surface area contributed by atoms with E-state index in [1.165, 1.54) is 0 Å². The molecule has 0 aliphatic carbocycles. The molecule has 1 aromatic heterocycles. The number of carbonyl (C=O) groups excluding carboxylic acids is 1. The van der Waals surface area contributed by atoms with Gasteiger partial charge in [0.2, 0.25) is 6.29 Å². The molecule has 1 aliphatic heterocycles. The van der Waals surface area contributed by atoms with Gasteiger partial charge in [-0.2, -0.15) is 5.10 Å². The van der Waals surface area contributed by atoms with E-state index >= 15 is 0 Å². The molecule has 1 aliphatic rings. The third kappa shape index (κ3) is 4.43. The van der Waals surface area contributed by atoms with Crippen molar-refractivity contribution >= 4 is 22.8 Å². The number of aliphatic hydroxyl groups is 3. The van der Waals surface area contributed by atoms with Crippen LogP contribution in [0, 0.1) is 0 Å². The molecular weight excluding hydrogens is 403 g/mol. The standard InChI is InChI=1S/C19H23FN2O8/c20-8-4-1-5-9-22-11-7-3-2-6-10(11)12(21-22)18(28)30-19-15(25)13(23)14(24)16(29-19)17(26)27/h2-3,6-7,13-16,19,23-25H,1,4-5,8-9H2,(H,26,27)/t13?,14-,15+,16?,19?/m0/s1. The maximum absolute atomic E-state index is 12.7. The summed E-state index contributed by atoms with van der Waals surface area (Å²) < 4.78 is 23.9. The van der Waals surface area contributed by atoms with E-state index in [1.54, 1.807) is 28.9 Å². The Balaban J connectivity index is 1.80. The average Bonchev–Trinajstić information content (AvgIpc) is 3.10. The summed E-state index contributed by atoms with van der Waals surface area (Å²) in [6, 6.07) is 6.86. The first-order valence-corrected chi connectivity index (χ1v) is 9.50. The zero-order valence-electron chi connectivity index (χ0n) is 15.9. The molecule has 10 nitrogen and oxygen atoms in total. The van der Waals surface area contributed by atoms with Crippen molar-refractivity contribution in [2.75, 3.05) is 6.67 Å². The van der Waals surface area contributed by atoms with Crippen molar-refractivity contribution in [2.45, 2.75) is 56.5 Å².